The summed E-state index contributed by atoms with van der Waals surface area (Å²) in [4.78, 5) is 38.6. The third kappa shape index (κ3) is 2.45. The number of nitrogens with zero attached hydrogens (tertiary/aromatic N) is 1. The van der Waals surface area contributed by atoms with E-state index in [9.17, 15) is 14.4 Å². The number of piperidine rings is 1. The van der Waals surface area contributed by atoms with E-state index in [4.69, 9.17) is 0 Å². The number of fused-ring (bicyclic) bond motifs is 1. The lowest BCUT2D eigenvalue weighted by Crippen LogP contribution is -2.51. The maximum Gasteiger partial charge on any atom is 0.262 e. The van der Waals surface area contributed by atoms with Crippen molar-refractivity contribution in [2.45, 2.75) is 32.4 Å². The summed E-state index contributed by atoms with van der Waals surface area (Å²) in [5, 5.41) is 5.67. The Balaban J connectivity index is 1.97. The van der Waals surface area contributed by atoms with E-state index in [1.54, 1.807) is 12.1 Å². The van der Waals surface area contributed by atoms with E-state index in [0.717, 1.165) is 16.0 Å². The summed E-state index contributed by atoms with van der Waals surface area (Å²) >= 11 is 0. The number of hydrogen-bond donors (Lipinski definition) is 2. The quantitative estimate of drug-likeness (QED) is 0.819. The molecule has 0 radical (unpaired) electrons. The highest BCUT2D eigenvalue weighted by Gasteiger charge is 2.44. The molecule has 3 amide bonds. The summed E-state index contributed by atoms with van der Waals surface area (Å²) in [6.07, 6.45) is 0.979. The highest BCUT2D eigenvalue weighted by Crippen LogP contribution is 2.30. The number of hydrogen-bond acceptors (Lipinski definition) is 4. The van der Waals surface area contributed by atoms with Crippen molar-refractivity contribution in [2.75, 3.05) is 7.05 Å². The largest absolute Gasteiger partial charge is 0.329 e. The van der Waals surface area contributed by atoms with E-state index in [1.165, 1.54) is 0 Å². The lowest BCUT2D eigenvalue weighted by molar-refractivity contribution is -0.125. The zero-order valence-corrected chi connectivity index (χ0v) is 13.2. The smallest absolute Gasteiger partial charge is 0.262 e. The van der Waals surface area contributed by atoms with Crippen LogP contribution in [0.2, 0.25) is 0 Å². The number of carbonyl (C=O) groups excluding carboxylic acids is 3. The number of nitrogens with one attached hydrogen (secondary N) is 2. The number of allylic oxidation sites excluding steroid dienone is 1. The average Bonchev–Trinajstić information content (AvgIpc) is 2.72. The van der Waals surface area contributed by atoms with Gasteiger partial charge < -0.3 is 10.6 Å². The minimum atomic E-state index is -0.763. The monoisotopic (exact) mass is 313 g/mol. The zero-order chi connectivity index (χ0) is 16.7. The Bertz CT molecular complexity index is 739. The molecule has 3 rings (SSSR count). The number of amides is 3. The van der Waals surface area contributed by atoms with Crippen LogP contribution in [0.5, 0.6) is 0 Å². The van der Waals surface area contributed by atoms with Crippen LogP contribution >= 0.6 is 0 Å². The predicted molar refractivity (Wildman–Crippen MR) is 84.7 cm³/mol. The van der Waals surface area contributed by atoms with Crippen molar-refractivity contribution in [3.63, 3.8) is 0 Å². The van der Waals surface area contributed by atoms with Crippen molar-refractivity contribution < 1.29 is 14.4 Å². The van der Waals surface area contributed by atoms with Crippen LogP contribution in [0.1, 0.15) is 44.7 Å². The number of aryl methyl sites for hydroxylation is 1. The van der Waals surface area contributed by atoms with E-state index in [-0.39, 0.29) is 5.91 Å². The molecule has 23 heavy (non-hydrogen) atoms. The molecule has 1 aromatic rings. The molecule has 1 fully saturated rings. The van der Waals surface area contributed by atoms with Gasteiger partial charge in [0.05, 0.1) is 11.1 Å². The third-order valence-electron chi connectivity index (χ3n) is 4.38. The van der Waals surface area contributed by atoms with Crippen molar-refractivity contribution in [3.8, 4) is 0 Å². The molecular formula is C17H19N3O3. The van der Waals surface area contributed by atoms with Crippen molar-refractivity contribution in [2.24, 2.45) is 0 Å². The molecule has 0 bridgehead atoms. The van der Waals surface area contributed by atoms with Crippen LogP contribution in [0, 0.1) is 6.92 Å². The predicted octanol–water partition coefficient (Wildman–Crippen LogP) is 1.10. The minimum Gasteiger partial charge on any atom is -0.329 e. The second-order valence-corrected chi connectivity index (χ2v) is 5.98. The number of benzene rings is 1. The Morgan fingerprint density at radius 2 is 1.91 bits per heavy atom. The maximum absolute atomic E-state index is 12.7. The van der Waals surface area contributed by atoms with E-state index >= 15 is 0 Å². The van der Waals surface area contributed by atoms with E-state index < -0.39 is 17.9 Å². The third-order valence-corrected chi connectivity index (χ3v) is 4.38. The topological polar surface area (TPSA) is 78.5 Å². The van der Waals surface area contributed by atoms with Gasteiger partial charge in [0.2, 0.25) is 5.91 Å². The Morgan fingerprint density at radius 1 is 1.26 bits per heavy atom. The van der Waals surface area contributed by atoms with Gasteiger partial charge in [-0.2, -0.15) is 0 Å². The van der Waals surface area contributed by atoms with Gasteiger partial charge in [-0.25, -0.2) is 0 Å². The summed E-state index contributed by atoms with van der Waals surface area (Å²) in [7, 11) is 1.82. The van der Waals surface area contributed by atoms with Crippen molar-refractivity contribution in [1.29, 1.82) is 0 Å². The first-order valence-electron chi connectivity index (χ1n) is 7.58. The van der Waals surface area contributed by atoms with Crippen LogP contribution in [-0.2, 0) is 11.3 Å². The van der Waals surface area contributed by atoms with Gasteiger partial charge in [0.25, 0.3) is 11.8 Å². The Labute approximate surface area is 134 Å². The number of rotatable bonds is 3. The Hall–Kier alpha value is -2.47. The summed E-state index contributed by atoms with van der Waals surface area (Å²) in [5.41, 5.74) is 3.29. The molecule has 1 unspecified atom stereocenters. The van der Waals surface area contributed by atoms with Crippen molar-refractivity contribution in [1.82, 2.24) is 15.5 Å². The SMILES string of the molecule is C=C1CCC(N2C(=O)c3cc(C)c(CNC)cc3C2=O)C(=O)N1. The molecule has 0 aromatic heterocycles. The van der Waals surface area contributed by atoms with Gasteiger partial charge >= 0.3 is 0 Å². The Morgan fingerprint density at radius 3 is 2.52 bits per heavy atom. The molecule has 1 atom stereocenters. The van der Waals surface area contributed by atoms with Gasteiger partial charge in [0, 0.05) is 12.2 Å². The van der Waals surface area contributed by atoms with Gasteiger partial charge in [-0.15, -0.1) is 0 Å². The normalized spacial score (nSPS) is 20.8. The van der Waals surface area contributed by atoms with Crippen LogP contribution in [0.25, 0.3) is 0 Å². The average molecular weight is 313 g/mol. The summed E-state index contributed by atoms with van der Waals surface area (Å²) < 4.78 is 0. The molecule has 6 nitrogen and oxygen atoms in total. The summed E-state index contributed by atoms with van der Waals surface area (Å²) in [5.74, 6) is -1.13. The van der Waals surface area contributed by atoms with E-state index in [1.807, 2.05) is 14.0 Å². The van der Waals surface area contributed by atoms with Gasteiger partial charge in [-0.3, -0.25) is 19.3 Å². The van der Waals surface area contributed by atoms with Crippen molar-refractivity contribution >= 4 is 17.7 Å². The zero-order valence-electron chi connectivity index (χ0n) is 13.2. The second-order valence-electron chi connectivity index (χ2n) is 5.98. The molecule has 6 heteroatoms. The molecule has 2 aliphatic rings. The second kappa shape index (κ2) is 5.62. The molecule has 1 aromatic carbocycles. The molecular weight excluding hydrogens is 294 g/mol. The van der Waals surface area contributed by atoms with Crippen LogP contribution in [0.3, 0.4) is 0 Å². The standard InChI is InChI=1S/C17H19N3O3/c1-9-6-12-13(7-11(9)8-18-3)17(23)20(16(12)22)14-5-4-10(2)19-15(14)21/h6-7,14,18H,2,4-5,8H2,1,3H3,(H,19,21). The molecule has 0 aliphatic carbocycles. The lowest BCUT2D eigenvalue weighted by atomic mass is 10.0. The molecule has 0 saturated carbocycles. The van der Waals surface area contributed by atoms with Crippen molar-refractivity contribution in [3.05, 3.63) is 46.7 Å². The summed E-state index contributed by atoms with van der Waals surface area (Å²) in [6, 6.07) is 2.73. The molecule has 120 valence electrons. The lowest BCUT2D eigenvalue weighted by Gasteiger charge is -2.29. The van der Waals surface area contributed by atoms with Crippen LogP contribution < -0.4 is 10.6 Å². The fraction of sp³-hybridized carbons (Fsp3) is 0.353. The maximum atomic E-state index is 12.7. The highest BCUT2D eigenvalue weighted by atomic mass is 16.2. The molecule has 2 heterocycles. The highest BCUT2D eigenvalue weighted by molar-refractivity contribution is 6.23. The van der Waals surface area contributed by atoms with E-state index in [2.05, 4.69) is 17.2 Å². The molecule has 0 spiro atoms. The fourth-order valence-electron chi connectivity index (χ4n) is 3.13. The first-order valence-corrected chi connectivity index (χ1v) is 7.58. The van der Waals surface area contributed by atoms with Crippen LogP contribution in [-0.4, -0.2) is 35.7 Å². The van der Waals surface area contributed by atoms with Gasteiger partial charge in [-0.1, -0.05) is 6.58 Å². The molecule has 1 saturated heterocycles. The molecule has 2 N–H and O–H groups in total. The molecule has 2 aliphatic heterocycles. The summed E-state index contributed by atoms with van der Waals surface area (Å²) in [6.45, 7) is 6.24. The first-order chi connectivity index (χ1) is 10.9. The number of imide groups is 1. The van der Waals surface area contributed by atoms with Gasteiger partial charge in [0.1, 0.15) is 6.04 Å². The van der Waals surface area contributed by atoms with Gasteiger partial charge in [-0.05, 0) is 50.1 Å². The van der Waals surface area contributed by atoms with Gasteiger partial charge in [0.15, 0.2) is 0 Å². The van der Waals surface area contributed by atoms with Crippen LogP contribution in [0.4, 0.5) is 0 Å². The number of carbonyl (C=O) groups is 3. The minimum absolute atomic E-state index is 0.345. The van der Waals surface area contributed by atoms with E-state index in [0.29, 0.717) is 36.2 Å². The van der Waals surface area contributed by atoms with Crippen LogP contribution in [0.15, 0.2) is 24.4 Å². The fourth-order valence-corrected chi connectivity index (χ4v) is 3.13. The first kappa shape index (κ1) is 15.4. The Kier molecular flexibility index (Phi) is 3.77.